The summed E-state index contributed by atoms with van der Waals surface area (Å²) in [5, 5.41) is 7.54. The van der Waals surface area contributed by atoms with E-state index in [1.165, 1.54) is 12.8 Å². The van der Waals surface area contributed by atoms with Crippen LogP contribution in [0.1, 0.15) is 34.8 Å². The Morgan fingerprint density at radius 1 is 1.00 bits per heavy atom. The molecule has 138 valence electrons. The van der Waals surface area contributed by atoms with Crippen molar-refractivity contribution in [2.75, 3.05) is 19.6 Å². The summed E-state index contributed by atoms with van der Waals surface area (Å²) in [5.74, 6) is -0.0924. The van der Waals surface area contributed by atoms with Crippen molar-refractivity contribution >= 4 is 5.91 Å². The number of carbonyl (C=O) groups is 1. The first-order valence-electron chi connectivity index (χ1n) is 9.48. The SMILES string of the molecule is O=C(NC(CN1CCCC1)c1ccccc1)c1cnn(-c2ccccc2)c1. The second kappa shape index (κ2) is 8.18. The Bertz CT molecular complexity index is 870. The van der Waals surface area contributed by atoms with E-state index >= 15 is 0 Å². The molecule has 2 aromatic carbocycles. The first-order valence-corrected chi connectivity index (χ1v) is 9.48. The van der Waals surface area contributed by atoms with Crippen molar-refractivity contribution in [1.82, 2.24) is 20.0 Å². The van der Waals surface area contributed by atoms with E-state index in [0.29, 0.717) is 5.56 Å². The molecule has 0 saturated carbocycles. The predicted octanol–water partition coefficient (Wildman–Crippen LogP) is 3.44. The molecule has 0 radical (unpaired) electrons. The highest BCUT2D eigenvalue weighted by Crippen LogP contribution is 2.18. The number of rotatable bonds is 6. The summed E-state index contributed by atoms with van der Waals surface area (Å²) in [4.78, 5) is 15.3. The van der Waals surface area contributed by atoms with Gasteiger partial charge in [-0.2, -0.15) is 5.10 Å². The van der Waals surface area contributed by atoms with Crippen LogP contribution in [0, 0.1) is 0 Å². The fourth-order valence-electron chi connectivity index (χ4n) is 3.55. The number of likely N-dealkylation sites (tertiary alicyclic amines) is 1. The van der Waals surface area contributed by atoms with Crippen LogP contribution in [0.25, 0.3) is 5.69 Å². The maximum atomic E-state index is 12.9. The van der Waals surface area contributed by atoms with Crippen molar-refractivity contribution in [3.05, 3.63) is 84.2 Å². The Labute approximate surface area is 159 Å². The number of nitrogens with one attached hydrogen (secondary N) is 1. The lowest BCUT2D eigenvalue weighted by atomic mass is 10.1. The molecule has 1 N–H and O–H groups in total. The van der Waals surface area contributed by atoms with Crippen molar-refractivity contribution < 1.29 is 4.79 Å². The Morgan fingerprint density at radius 3 is 2.37 bits per heavy atom. The number of nitrogens with zero attached hydrogens (tertiary/aromatic N) is 3. The first kappa shape index (κ1) is 17.5. The van der Waals surface area contributed by atoms with Crippen molar-refractivity contribution in [3.63, 3.8) is 0 Å². The molecule has 1 atom stereocenters. The number of hydrogen-bond donors (Lipinski definition) is 1. The molecule has 1 amide bonds. The van der Waals surface area contributed by atoms with Crippen molar-refractivity contribution in [2.24, 2.45) is 0 Å². The molecular formula is C22H24N4O. The van der Waals surface area contributed by atoms with E-state index in [4.69, 9.17) is 0 Å². The number of benzene rings is 2. The zero-order chi connectivity index (χ0) is 18.5. The standard InChI is InChI=1S/C22H24N4O/c27-22(19-15-23-26(16-19)20-11-5-2-6-12-20)24-21(17-25-13-7-8-14-25)18-9-3-1-4-10-18/h1-6,9-12,15-16,21H,7-8,13-14,17H2,(H,24,27). The average molecular weight is 360 g/mol. The molecule has 3 aromatic rings. The molecule has 5 heteroatoms. The number of amides is 1. The van der Waals surface area contributed by atoms with E-state index in [1.54, 1.807) is 17.1 Å². The zero-order valence-corrected chi connectivity index (χ0v) is 15.3. The molecule has 4 rings (SSSR count). The van der Waals surface area contributed by atoms with Gasteiger partial charge in [0.25, 0.3) is 5.91 Å². The molecule has 1 aliphatic heterocycles. The largest absolute Gasteiger partial charge is 0.344 e. The van der Waals surface area contributed by atoms with E-state index in [1.807, 2.05) is 48.5 Å². The normalized spacial score (nSPS) is 15.6. The molecule has 0 bridgehead atoms. The summed E-state index contributed by atoms with van der Waals surface area (Å²) in [7, 11) is 0. The van der Waals surface area contributed by atoms with Crippen molar-refractivity contribution in [1.29, 1.82) is 0 Å². The summed E-state index contributed by atoms with van der Waals surface area (Å²) in [5.41, 5.74) is 2.64. The third-order valence-electron chi connectivity index (χ3n) is 5.01. The smallest absolute Gasteiger partial charge is 0.255 e. The zero-order valence-electron chi connectivity index (χ0n) is 15.3. The van der Waals surface area contributed by atoms with Gasteiger partial charge in [0.15, 0.2) is 0 Å². The quantitative estimate of drug-likeness (QED) is 0.733. The van der Waals surface area contributed by atoms with Crippen LogP contribution in [0.4, 0.5) is 0 Å². The molecule has 1 aliphatic rings. The Hall–Kier alpha value is -2.92. The van der Waals surface area contributed by atoms with Gasteiger partial charge in [0.2, 0.25) is 0 Å². The fourth-order valence-corrected chi connectivity index (χ4v) is 3.55. The average Bonchev–Trinajstić information content (AvgIpc) is 3.41. The van der Waals surface area contributed by atoms with E-state index < -0.39 is 0 Å². The lowest BCUT2D eigenvalue weighted by Crippen LogP contribution is -2.36. The van der Waals surface area contributed by atoms with Crippen LogP contribution in [0.2, 0.25) is 0 Å². The third kappa shape index (κ3) is 4.26. The lowest BCUT2D eigenvalue weighted by molar-refractivity contribution is 0.0927. The second-order valence-electron chi connectivity index (χ2n) is 6.95. The van der Waals surface area contributed by atoms with E-state index in [9.17, 15) is 4.79 Å². The summed E-state index contributed by atoms with van der Waals surface area (Å²) in [6.45, 7) is 3.04. The highest BCUT2D eigenvalue weighted by Gasteiger charge is 2.21. The van der Waals surface area contributed by atoms with Gasteiger partial charge in [0.05, 0.1) is 23.5 Å². The highest BCUT2D eigenvalue weighted by molar-refractivity contribution is 5.94. The number of hydrogen-bond acceptors (Lipinski definition) is 3. The lowest BCUT2D eigenvalue weighted by Gasteiger charge is -2.24. The van der Waals surface area contributed by atoms with Crippen LogP contribution in [-0.2, 0) is 0 Å². The minimum atomic E-state index is -0.0924. The maximum absolute atomic E-state index is 12.9. The monoisotopic (exact) mass is 360 g/mol. The second-order valence-corrected chi connectivity index (χ2v) is 6.95. The molecule has 5 nitrogen and oxygen atoms in total. The van der Waals surface area contributed by atoms with Crippen LogP contribution >= 0.6 is 0 Å². The first-order chi connectivity index (χ1) is 13.3. The minimum absolute atomic E-state index is 0.0307. The number of para-hydroxylation sites is 1. The Morgan fingerprint density at radius 2 is 1.67 bits per heavy atom. The van der Waals surface area contributed by atoms with Crippen molar-refractivity contribution in [2.45, 2.75) is 18.9 Å². The molecule has 1 saturated heterocycles. The van der Waals surface area contributed by atoms with Gasteiger partial charge in [-0.3, -0.25) is 4.79 Å². The number of carbonyl (C=O) groups excluding carboxylic acids is 1. The fraction of sp³-hybridized carbons (Fsp3) is 0.273. The van der Waals surface area contributed by atoms with Gasteiger partial charge in [-0.15, -0.1) is 0 Å². The van der Waals surface area contributed by atoms with Gasteiger partial charge in [-0.25, -0.2) is 4.68 Å². The molecular weight excluding hydrogens is 336 g/mol. The van der Waals surface area contributed by atoms with Gasteiger partial charge in [0.1, 0.15) is 0 Å². The molecule has 0 spiro atoms. The maximum Gasteiger partial charge on any atom is 0.255 e. The number of aromatic nitrogens is 2. The van der Waals surface area contributed by atoms with Gasteiger partial charge in [0, 0.05) is 12.7 Å². The summed E-state index contributed by atoms with van der Waals surface area (Å²) in [6.07, 6.45) is 5.88. The molecule has 0 aliphatic carbocycles. The molecule has 1 fully saturated rings. The van der Waals surface area contributed by atoms with Crippen LogP contribution in [0.15, 0.2) is 73.1 Å². The van der Waals surface area contributed by atoms with Gasteiger partial charge in [-0.05, 0) is 43.6 Å². The Kier molecular flexibility index (Phi) is 5.30. The topological polar surface area (TPSA) is 50.2 Å². The Balaban J connectivity index is 1.50. The van der Waals surface area contributed by atoms with Crippen molar-refractivity contribution in [3.8, 4) is 5.69 Å². The third-order valence-corrected chi connectivity index (χ3v) is 5.01. The van der Waals surface area contributed by atoms with Crippen LogP contribution < -0.4 is 5.32 Å². The van der Waals surface area contributed by atoms with E-state index in [-0.39, 0.29) is 11.9 Å². The summed E-state index contributed by atoms with van der Waals surface area (Å²) < 4.78 is 1.73. The minimum Gasteiger partial charge on any atom is -0.344 e. The van der Waals surface area contributed by atoms with Crippen LogP contribution in [0.5, 0.6) is 0 Å². The predicted molar refractivity (Wildman–Crippen MR) is 106 cm³/mol. The van der Waals surface area contributed by atoms with Gasteiger partial charge in [-0.1, -0.05) is 48.5 Å². The van der Waals surface area contributed by atoms with E-state index in [2.05, 4.69) is 27.4 Å². The molecule has 1 aromatic heterocycles. The molecule has 1 unspecified atom stereocenters. The highest BCUT2D eigenvalue weighted by atomic mass is 16.1. The van der Waals surface area contributed by atoms with Crippen LogP contribution in [0.3, 0.4) is 0 Å². The summed E-state index contributed by atoms with van der Waals surface area (Å²) >= 11 is 0. The summed E-state index contributed by atoms with van der Waals surface area (Å²) in [6, 6.07) is 20.0. The van der Waals surface area contributed by atoms with Crippen LogP contribution in [-0.4, -0.2) is 40.2 Å². The molecule has 2 heterocycles. The van der Waals surface area contributed by atoms with Gasteiger partial charge >= 0.3 is 0 Å². The van der Waals surface area contributed by atoms with Gasteiger partial charge < -0.3 is 10.2 Å². The molecule has 27 heavy (non-hydrogen) atoms. The van der Waals surface area contributed by atoms with E-state index in [0.717, 1.165) is 30.9 Å².